The van der Waals surface area contributed by atoms with Crippen molar-refractivity contribution in [1.29, 1.82) is 0 Å². The van der Waals surface area contributed by atoms with E-state index >= 15 is 0 Å². The maximum absolute atomic E-state index is 6.45. The van der Waals surface area contributed by atoms with Gasteiger partial charge in [0.25, 0.3) is 0 Å². The molecule has 2 rings (SSSR count). The summed E-state index contributed by atoms with van der Waals surface area (Å²) >= 11 is 0. The Morgan fingerprint density at radius 3 is 2.73 bits per heavy atom. The molecule has 1 fully saturated rings. The van der Waals surface area contributed by atoms with Crippen LogP contribution in [0.15, 0.2) is 30.3 Å². The van der Waals surface area contributed by atoms with Gasteiger partial charge >= 0.3 is 0 Å². The third-order valence-electron chi connectivity index (χ3n) is 3.23. The second-order valence-corrected chi connectivity index (χ2v) is 4.63. The van der Waals surface area contributed by atoms with E-state index < -0.39 is 0 Å². The van der Waals surface area contributed by atoms with E-state index in [-0.39, 0.29) is 5.54 Å². The zero-order valence-electron chi connectivity index (χ0n) is 9.21. The molecule has 1 unspecified atom stereocenters. The number of rotatable bonds is 2. The van der Waals surface area contributed by atoms with Crippen LogP contribution in [0.5, 0.6) is 0 Å². The van der Waals surface area contributed by atoms with Crippen LogP contribution in [0.25, 0.3) is 0 Å². The second-order valence-electron chi connectivity index (χ2n) is 4.63. The highest BCUT2D eigenvalue weighted by Gasteiger charge is 2.25. The third-order valence-corrected chi connectivity index (χ3v) is 3.23. The Labute approximate surface area is 91.9 Å². The molecule has 0 bridgehead atoms. The monoisotopic (exact) mass is 204 g/mol. The predicted molar refractivity (Wildman–Crippen MR) is 63.8 cm³/mol. The summed E-state index contributed by atoms with van der Waals surface area (Å²) in [4.78, 5) is 0. The molecule has 0 saturated carbocycles. The molecule has 1 aromatic rings. The van der Waals surface area contributed by atoms with Crippen molar-refractivity contribution in [2.75, 3.05) is 13.1 Å². The molecular weight excluding hydrogens is 184 g/mol. The van der Waals surface area contributed by atoms with Crippen LogP contribution in [0.1, 0.15) is 24.8 Å². The van der Waals surface area contributed by atoms with Crippen LogP contribution in [-0.2, 0) is 6.42 Å². The Morgan fingerprint density at radius 1 is 1.13 bits per heavy atom. The molecule has 1 atom stereocenters. The van der Waals surface area contributed by atoms with Crippen molar-refractivity contribution < 1.29 is 0 Å². The Bertz CT molecular complexity index is 287. The fourth-order valence-electron chi connectivity index (χ4n) is 2.33. The van der Waals surface area contributed by atoms with Gasteiger partial charge in [0.05, 0.1) is 0 Å². The molecule has 0 aliphatic carbocycles. The Kier molecular flexibility index (Phi) is 3.39. The Hall–Kier alpha value is -0.860. The fourth-order valence-corrected chi connectivity index (χ4v) is 2.33. The normalized spacial score (nSPS) is 27.3. The first-order chi connectivity index (χ1) is 7.29. The van der Waals surface area contributed by atoms with E-state index in [1.807, 2.05) is 0 Å². The minimum atomic E-state index is 0.00481. The van der Waals surface area contributed by atoms with E-state index in [0.29, 0.717) is 0 Å². The van der Waals surface area contributed by atoms with Gasteiger partial charge in [-0.3, -0.25) is 0 Å². The molecule has 15 heavy (non-hydrogen) atoms. The Balaban J connectivity index is 2.02. The van der Waals surface area contributed by atoms with Crippen molar-refractivity contribution in [2.24, 2.45) is 5.73 Å². The lowest BCUT2D eigenvalue weighted by atomic mass is 9.85. The van der Waals surface area contributed by atoms with Crippen molar-refractivity contribution in [2.45, 2.75) is 31.2 Å². The van der Waals surface area contributed by atoms with Gasteiger partial charge in [-0.25, -0.2) is 0 Å². The lowest BCUT2D eigenvalue weighted by molar-refractivity contribution is 0.378. The number of hydrogen-bond acceptors (Lipinski definition) is 2. The first-order valence-electron chi connectivity index (χ1n) is 5.82. The van der Waals surface area contributed by atoms with Gasteiger partial charge in [0.2, 0.25) is 0 Å². The lowest BCUT2D eigenvalue weighted by Crippen LogP contribution is -2.42. The van der Waals surface area contributed by atoms with Gasteiger partial charge < -0.3 is 11.1 Å². The molecule has 1 aliphatic rings. The highest BCUT2D eigenvalue weighted by Crippen LogP contribution is 2.21. The minimum Gasteiger partial charge on any atom is -0.325 e. The highest BCUT2D eigenvalue weighted by molar-refractivity contribution is 5.17. The van der Waals surface area contributed by atoms with E-state index in [1.54, 1.807) is 0 Å². The standard InChI is InChI=1S/C13H20N2/c14-13(7-4-9-15-10-8-13)11-12-5-2-1-3-6-12/h1-3,5-6,15H,4,7-11,14H2. The van der Waals surface area contributed by atoms with Gasteiger partial charge in [-0.1, -0.05) is 30.3 Å². The molecule has 2 heteroatoms. The average molecular weight is 204 g/mol. The summed E-state index contributed by atoms with van der Waals surface area (Å²) in [5.41, 5.74) is 7.82. The summed E-state index contributed by atoms with van der Waals surface area (Å²) in [6.07, 6.45) is 4.43. The summed E-state index contributed by atoms with van der Waals surface area (Å²) in [6.45, 7) is 2.18. The summed E-state index contributed by atoms with van der Waals surface area (Å²) in [7, 11) is 0. The maximum atomic E-state index is 6.45. The molecule has 3 N–H and O–H groups in total. The van der Waals surface area contributed by atoms with Crippen LogP contribution < -0.4 is 11.1 Å². The van der Waals surface area contributed by atoms with Crippen LogP contribution in [0.4, 0.5) is 0 Å². The zero-order valence-corrected chi connectivity index (χ0v) is 9.21. The van der Waals surface area contributed by atoms with Crippen molar-refractivity contribution in [3.05, 3.63) is 35.9 Å². The van der Waals surface area contributed by atoms with Crippen molar-refractivity contribution in [3.63, 3.8) is 0 Å². The summed E-state index contributed by atoms with van der Waals surface area (Å²) in [6, 6.07) is 10.6. The van der Waals surface area contributed by atoms with E-state index in [4.69, 9.17) is 5.73 Å². The molecule has 2 nitrogen and oxygen atoms in total. The first kappa shape index (κ1) is 10.7. The largest absolute Gasteiger partial charge is 0.325 e. The molecule has 0 radical (unpaired) electrons. The summed E-state index contributed by atoms with van der Waals surface area (Å²) in [5.74, 6) is 0. The van der Waals surface area contributed by atoms with Gasteiger partial charge in [0, 0.05) is 5.54 Å². The van der Waals surface area contributed by atoms with Crippen molar-refractivity contribution >= 4 is 0 Å². The summed E-state index contributed by atoms with van der Waals surface area (Å²) in [5, 5.41) is 3.41. The van der Waals surface area contributed by atoms with Crippen LogP contribution in [0.3, 0.4) is 0 Å². The Morgan fingerprint density at radius 2 is 1.93 bits per heavy atom. The van der Waals surface area contributed by atoms with E-state index in [0.717, 1.165) is 32.4 Å². The van der Waals surface area contributed by atoms with Crippen LogP contribution in [0, 0.1) is 0 Å². The second kappa shape index (κ2) is 4.77. The van der Waals surface area contributed by atoms with Gasteiger partial charge in [-0.05, 0) is 44.3 Å². The fraction of sp³-hybridized carbons (Fsp3) is 0.538. The van der Waals surface area contributed by atoms with E-state index in [2.05, 4.69) is 35.6 Å². The SMILES string of the molecule is NC1(Cc2ccccc2)CCCNCC1. The van der Waals surface area contributed by atoms with Gasteiger partial charge in [0.1, 0.15) is 0 Å². The zero-order chi connectivity index (χ0) is 10.6. The molecule has 1 saturated heterocycles. The van der Waals surface area contributed by atoms with Gasteiger partial charge in [0.15, 0.2) is 0 Å². The molecule has 1 heterocycles. The molecule has 1 aliphatic heterocycles. The van der Waals surface area contributed by atoms with Crippen LogP contribution in [-0.4, -0.2) is 18.6 Å². The number of nitrogens with two attached hydrogens (primary N) is 1. The summed E-state index contributed by atoms with van der Waals surface area (Å²) < 4.78 is 0. The third kappa shape index (κ3) is 3.05. The minimum absolute atomic E-state index is 0.00481. The van der Waals surface area contributed by atoms with E-state index in [9.17, 15) is 0 Å². The predicted octanol–water partition coefficient (Wildman–Crippen LogP) is 1.70. The molecule has 82 valence electrons. The maximum Gasteiger partial charge on any atom is 0.0207 e. The van der Waals surface area contributed by atoms with Crippen molar-refractivity contribution in [1.82, 2.24) is 5.32 Å². The average Bonchev–Trinajstić information content (AvgIpc) is 2.45. The lowest BCUT2D eigenvalue weighted by Gasteiger charge is -2.27. The molecule has 0 aromatic heterocycles. The number of benzene rings is 1. The topological polar surface area (TPSA) is 38.0 Å². The number of hydrogen-bond donors (Lipinski definition) is 2. The van der Waals surface area contributed by atoms with Crippen molar-refractivity contribution in [3.8, 4) is 0 Å². The van der Waals surface area contributed by atoms with Crippen LogP contribution >= 0.6 is 0 Å². The van der Waals surface area contributed by atoms with Gasteiger partial charge in [-0.15, -0.1) is 0 Å². The van der Waals surface area contributed by atoms with Gasteiger partial charge in [-0.2, -0.15) is 0 Å². The first-order valence-corrected chi connectivity index (χ1v) is 5.82. The smallest absolute Gasteiger partial charge is 0.0207 e. The van der Waals surface area contributed by atoms with Crippen LogP contribution in [0.2, 0.25) is 0 Å². The molecule has 0 amide bonds. The number of nitrogens with one attached hydrogen (secondary N) is 1. The van der Waals surface area contributed by atoms with E-state index in [1.165, 1.54) is 12.0 Å². The molecule has 1 aromatic carbocycles. The highest BCUT2D eigenvalue weighted by atomic mass is 14.9. The molecule has 0 spiro atoms. The molecular formula is C13H20N2. The quantitative estimate of drug-likeness (QED) is 0.769.